The molecule has 0 unspecified atom stereocenters. The molecule has 1 amide bonds. The van der Waals surface area contributed by atoms with Crippen LogP contribution in [0.3, 0.4) is 0 Å². The Bertz CT molecular complexity index is 977. The fraction of sp³-hybridized carbons (Fsp3) is 0.118. The van der Waals surface area contributed by atoms with E-state index in [9.17, 15) is 9.90 Å². The van der Waals surface area contributed by atoms with Crippen molar-refractivity contribution >= 4 is 29.1 Å². The lowest BCUT2D eigenvalue weighted by atomic mass is 10.1. The molecule has 0 fully saturated rings. The predicted molar refractivity (Wildman–Crippen MR) is 95.0 cm³/mol. The molecule has 6 nitrogen and oxygen atoms in total. The molecule has 0 bridgehead atoms. The first-order valence-electron chi connectivity index (χ1n) is 7.55. The number of rotatable bonds is 2. The van der Waals surface area contributed by atoms with Crippen LogP contribution >= 0.6 is 23.2 Å². The summed E-state index contributed by atoms with van der Waals surface area (Å²) in [5.74, 6) is 0.153. The first kappa shape index (κ1) is 15.9. The normalized spacial score (nSPS) is 13.4. The molecular formula is C17H12Cl2N4O2. The van der Waals surface area contributed by atoms with Gasteiger partial charge >= 0.3 is 0 Å². The maximum absolute atomic E-state index is 11.9. The molecule has 0 spiro atoms. The number of carbonyl (C=O) groups is 1. The Kier molecular flexibility index (Phi) is 3.86. The molecule has 3 N–H and O–H groups in total. The zero-order valence-corrected chi connectivity index (χ0v) is 14.3. The van der Waals surface area contributed by atoms with Gasteiger partial charge in [0.2, 0.25) is 0 Å². The molecule has 8 heteroatoms. The first-order chi connectivity index (χ1) is 12.0. The molecule has 4 rings (SSSR count). The Morgan fingerprint density at radius 2 is 1.92 bits per heavy atom. The van der Waals surface area contributed by atoms with Crippen LogP contribution in [0.1, 0.15) is 16.1 Å². The maximum Gasteiger partial charge on any atom is 0.253 e. The summed E-state index contributed by atoms with van der Waals surface area (Å²) in [6, 6.07) is 6.64. The average Bonchev–Trinajstić information content (AvgIpc) is 3.05. The summed E-state index contributed by atoms with van der Waals surface area (Å²) in [7, 11) is 0. The number of aromatic hydroxyl groups is 1. The Labute approximate surface area is 152 Å². The topological polar surface area (TPSA) is 90.9 Å². The second-order valence-corrected chi connectivity index (χ2v) is 6.45. The number of benzene rings is 1. The Hall–Kier alpha value is -2.57. The van der Waals surface area contributed by atoms with E-state index >= 15 is 0 Å². The fourth-order valence-corrected chi connectivity index (χ4v) is 3.26. The minimum atomic E-state index is -0.175. The number of aromatic nitrogens is 3. The standard InChI is InChI=1S/C17H12Cl2N4O2/c18-10-5-8(6-11(19)15(10)24)16-20-3-2-13(23-16)14-7-9-12(22-14)1-4-21-17(9)25/h2-3,5-7,22,24H,1,4H2,(H,21,25). The molecule has 0 aliphatic carbocycles. The number of hydrogen-bond donors (Lipinski definition) is 3. The molecule has 0 saturated heterocycles. The second-order valence-electron chi connectivity index (χ2n) is 5.64. The third-order valence-electron chi connectivity index (χ3n) is 4.01. The highest BCUT2D eigenvalue weighted by atomic mass is 35.5. The second kappa shape index (κ2) is 6.06. The van der Waals surface area contributed by atoms with Gasteiger partial charge in [-0.3, -0.25) is 4.79 Å². The van der Waals surface area contributed by atoms with Crippen molar-refractivity contribution in [2.75, 3.05) is 6.54 Å². The molecule has 0 saturated carbocycles. The molecule has 25 heavy (non-hydrogen) atoms. The van der Waals surface area contributed by atoms with Crippen molar-refractivity contribution in [2.45, 2.75) is 6.42 Å². The third kappa shape index (κ3) is 2.83. The van der Waals surface area contributed by atoms with Crippen molar-refractivity contribution in [1.82, 2.24) is 20.3 Å². The van der Waals surface area contributed by atoms with Gasteiger partial charge in [-0.1, -0.05) is 23.2 Å². The van der Waals surface area contributed by atoms with Crippen LogP contribution in [0.2, 0.25) is 10.0 Å². The van der Waals surface area contributed by atoms with Crippen LogP contribution in [-0.2, 0) is 6.42 Å². The molecule has 2 aromatic heterocycles. The third-order valence-corrected chi connectivity index (χ3v) is 4.59. The van der Waals surface area contributed by atoms with Crippen molar-refractivity contribution in [2.24, 2.45) is 0 Å². The number of H-pyrrole nitrogens is 1. The molecule has 0 atom stereocenters. The highest BCUT2D eigenvalue weighted by molar-refractivity contribution is 6.37. The van der Waals surface area contributed by atoms with Crippen LogP contribution in [0, 0.1) is 0 Å². The predicted octanol–water partition coefficient (Wildman–Crippen LogP) is 3.44. The largest absolute Gasteiger partial charge is 0.505 e. The molecule has 1 aromatic carbocycles. The number of halogens is 2. The number of aromatic amines is 1. The fourth-order valence-electron chi connectivity index (χ4n) is 2.77. The molecular weight excluding hydrogens is 363 g/mol. The lowest BCUT2D eigenvalue weighted by Gasteiger charge is -2.10. The molecule has 0 radical (unpaired) electrons. The highest BCUT2D eigenvalue weighted by Crippen LogP contribution is 2.35. The molecule has 1 aliphatic rings. The quantitative estimate of drug-likeness (QED) is 0.640. The monoisotopic (exact) mass is 374 g/mol. The number of amides is 1. The smallest absolute Gasteiger partial charge is 0.253 e. The van der Waals surface area contributed by atoms with E-state index in [1.807, 2.05) is 0 Å². The van der Waals surface area contributed by atoms with Crippen LogP contribution in [-0.4, -0.2) is 32.5 Å². The van der Waals surface area contributed by atoms with Crippen LogP contribution in [0.25, 0.3) is 22.8 Å². The maximum atomic E-state index is 11.9. The van der Waals surface area contributed by atoms with E-state index < -0.39 is 0 Å². The lowest BCUT2D eigenvalue weighted by molar-refractivity contribution is 0.0946. The Morgan fingerprint density at radius 1 is 1.16 bits per heavy atom. The summed E-state index contributed by atoms with van der Waals surface area (Å²) < 4.78 is 0. The zero-order valence-electron chi connectivity index (χ0n) is 12.8. The van der Waals surface area contributed by atoms with Gasteiger partial charge in [-0.15, -0.1) is 0 Å². The van der Waals surface area contributed by atoms with Crippen LogP contribution in [0.15, 0.2) is 30.5 Å². The number of phenols is 1. The molecule has 1 aliphatic heterocycles. The van der Waals surface area contributed by atoms with E-state index in [4.69, 9.17) is 23.2 Å². The summed E-state index contributed by atoms with van der Waals surface area (Å²) in [5.41, 5.74) is 3.50. The minimum absolute atomic E-state index is 0.0878. The summed E-state index contributed by atoms with van der Waals surface area (Å²) in [6.07, 6.45) is 2.37. The molecule has 3 heterocycles. The zero-order chi connectivity index (χ0) is 17.6. The summed E-state index contributed by atoms with van der Waals surface area (Å²) in [4.78, 5) is 23.9. The van der Waals surface area contributed by atoms with Gasteiger partial charge < -0.3 is 15.4 Å². The van der Waals surface area contributed by atoms with Gasteiger partial charge in [0.25, 0.3) is 5.91 Å². The molecule has 126 valence electrons. The van der Waals surface area contributed by atoms with Crippen LogP contribution < -0.4 is 5.32 Å². The van der Waals surface area contributed by atoms with Gasteiger partial charge in [-0.2, -0.15) is 0 Å². The Balaban J connectivity index is 1.77. The van der Waals surface area contributed by atoms with Gasteiger partial charge in [0.15, 0.2) is 11.6 Å². The van der Waals surface area contributed by atoms with Crippen molar-refractivity contribution in [1.29, 1.82) is 0 Å². The lowest BCUT2D eigenvalue weighted by Crippen LogP contribution is -2.31. The van der Waals surface area contributed by atoms with Gasteiger partial charge in [-0.25, -0.2) is 9.97 Å². The molecule has 3 aromatic rings. The van der Waals surface area contributed by atoms with Crippen molar-refractivity contribution in [3.05, 3.63) is 51.8 Å². The van der Waals surface area contributed by atoms with Crippen LogP contribution in [0.5, 0.6) is 5.75 Å². The number of nitrogens with zero attached hydrogens (tertiary/aromatic N) is 2. The van der Waals surface area contributed by atoms with E-state index in [1.165, 1.54) is 0 Å². The van der Waals surface area contributed by atoms with E-state index in [2.05, 4.69) is 20.3 Å². The van der Waals surface area contributed by atoms with Gasteiger partial charge in [0, 0.05) is 30.4 Å². The van der Waals surface area contributed by atoms with E-state index in [-0.39, 0.29) is 21.7 Å². The van der Waals surface area contributed by atoms with Crippen molar-refractivity contribution in [3.63, 3.8) is 0 Å². The van der Waals surface area contributed by atoms with Crippen LogP contribution in [0.4, 0.5) is 0 Å². The summed E-state index contributed by atoms with van der Waals surface area (Å²) >= 11 is 11.9. The highest BCUT2D eigenvalue weighted by Gasteiger charge is 2.20. The van der Waals surface area contributed by atoms with Crippen molar-refractivity contribution < 1.29 is 9.90 Å². The number of phenolic OH excluding ortho intramolecular Hbond substituents is 1. The van der Waals surface area contributed by atoms with Crippen molar-refractivity contribution in [3.8, 4) is 28.5 Å². The van der Waals surface area contributed by atoms with Gasteiger partial charge in [-0.05, 0) is 24.3 Å². The number of carbonyl (C=O) groups excluding carboxylic acids is 1. The SMILES string of the molecule is O=C1NCCc2[nH]c(-c3ccnc(-c4cc(Cl)c(O)c(Cl)c4)n3)cc21. The van der Waals surface area contributed by atoms with E-state index in [0.29, 0.717) is 29.2 Å². The summed E-state index contributed by atoms with van der Waals surface area (Å²) in [6.45, 7) is 0.616. The van der Waals surface area contributed by atoms with E-state index in [0.717, 1.165) is 17.8 Å². The van der Waals surface area contributed by atoms with Gasteiger partial charge in [0.05, 0.1) is 27.0 Å². The number of hydrogen-bond acceptors (Lipinski definition) is 4. The Morgan fingerprint density at radius 3 is 2.64 bits per heavy atom. The number of fused-ring (bicyclic) bond motifs is 1. The first-order valence-corrected chi connectivity index (χ1v) is 8.30. The number of nitrogens with one attached hydrogen (secondary N) is 2. The van der Waals surface area contributed by atoms with E-state index in [1.54, 1.807) is 30.5 Å². The summed E-state index contributed by atoms with van der Waals surface area (Å²) in [5, 5.41) is 12.8. The minimum Gasteiger partial charge on any atom is -0.505 e. The van der Waals surface area contributed by atoms with Gasteiger partial charge in [0.1, 0.15) is 0 Å². The average molecular weight is 375 g/mol.